The Bertz CT molecular complexity index is 639. The maximum Gasteiger partial charge on any atom is 0.227 e. The Labute approximate surface area is 136 Å². The van der Waals surface area contributed by atoms with Gasteiger partial charge in [0.1, 0.15) is 5.75 Å². The lowest BCUT2D eigenvalue weighted by Gasteiger charge is -2.36. The number of amides is 1. The molecule has 1 aromatic heterocycles. The van der Waals surface area contributed by atoms with E-state index in [2.05, 4.69) is 5.10 Å². The number of carbonyl (C=O) groups excluding carboxylic acids is 1. The molecular formula is C18H23N3O2. The molecule has 0 bridgehead atoms. The Kier molecular flexibility index (Phi) is 4.95. The van der Waals surface area contributed by atoms with Crippen molar-refractivity contribution in [2.75, 3.05) is 13.7 Å². The summed E-state index contributed by atoms with van der Waals surface area (Å²) in [5, 5.41) is 4.27. The molecular weight excluding hydrogens is 290 g/mol. The van der Waals surface area contributed by atoms with Crippen molar-refractivity contribution in [1.29, 1.82) is 0 Å². The third-order valence-corrected chi connectivity index (χ3v) is 4.44. The molecule has 1 fully saturated rings. The van der Waals surface area contributed by atoms with Crippen LogP contribution in [0.15, 0.2) is 42.7 Å². The third kappa shape index (κ3) is 3.73. The summed E-state index contributed by atoms with van der Waals surface area (Å²) in [6, 6.07) is 9.88. The number of likely N-dealkylation sites (tertiary alicyclic amines) is 1. The number of aromatic nitrogens is 2. The van der Waals surface area contributed by atoms with Gasteiger partial charge in [0, 0.05) is 24.5 Å². The molecule has 1 saturated heterocycles. The van der Waals surface area contributed by atoms with Crippen molar-refractivity contribution in [3.8, 4) is 5.75 Å². The van der Waals surface area contributed by atoms with Crippen LogP contribution >= 0.6 is 0 Å². The van der Waals surface area contributed by atoms with Crippen LogP contribution in [-0.2, 0) is 17.8 Å². The molecule has 23 heavy (non-hydrogen) atoms. The molecule has 3 rings (SSSR count). The third-order valence-electron chi connectivity index (χ3n) is 4.44. The molecule has 2 aromatic rings. The minimum Gasteiger partial charge on any atom is -0.496 e. The number of para-hydroxylation sites is 1. The van der Waals surface area contributed by atoms with Crippen LogP contribution in [0.3, 0.4) is 0 Å². The molecule has 5 nitrogen and oxygen atoms in total. The summed E-state index contributed by atoms with van der Waals surface area (Å²) in [6.07, 6.45) is 7.41. The van der Waals surface area contributed by atoms with Crippen LogP contribution in [-0.4, -0.2) is 40.3 Å². The zero-order valence-electron chi connectivity index (χ0n) is 13.5. The molecule has 0 radical (unpaired) electrons. The maximum atomic E-state index is 12.8. The van der Waals surface area contributed by atoms with Crippen LogP contribution < -0.4 is 4.74 Å². The highest BCUT2D eigenvalue weighted by atomic mass is 16.5. The summed E-state index contributed by atoms with van der Waals surface area (Å²) in [4.78, 5) is 14.8. The van der Waals surface area contributed by atoms with Gasteiger partial charge in [0.2, 0.25) is 5.91 Å². The van der Waals surface area contributed by atoms with Crippen molar-refractivity contribution in [2.45, 2.75) is 38.3 Å². The van der Waals surface area contributed by atoms with Crippen LogP contribution in [0.25, 0.3) is 0 Å². The number of piperidine rings is 1. The van der Waals surface area contributed by atoms with Crippen molar-refractivity contribution in [1.82, 2.24) is 14.7 Å². The van der Waals surface area contributed by atoms with Crippen molar-refractivity contribution < 1.29 is 9.53 Å². The van der Waals surface area contributed by atoms with E-state index >= 15 is 0 Å². The van der Waals surface area contributed by atoms with Crippen molar-refractivity contribution >= 4 is 5.91 Å². The maximum absolute atomic E-state index is 12.8. The van der Waals surface area contributed by atoms with Crippen LogP contribution in [0.1, 0.15) is 24.8 Å². The summed E-state index contributed by atoms with van der Waals surface area (Å²) in [5.74, 6) is 0.952. The minimum atomic E-state index is 0.173. The van der Waals surface area contributed by atoms with Gasteiger partial charge >= 0.3 is 0 Å². The summed E-state index contributed by atoms with van der Waals surface area (Å²) in [5.41, 5.74) is 0.948. The second-order valence-electron chi connectivity index (χ2n) is 5.95. The minimum absolute atomic E-state index is 0.173. The number of nitrogens with zero attached hydrogens (tertiary/aromatic N) is 3. The highest BCUT2D eigenvalue weighted by Gasteiger charge is 2.27. The summed E-state index contributed by atoms with van der Waals surface area (Å²) < 4.78 is 7.28. The first kappa shape index (κ1) is 15.6. The van der Waals surface area contributed by atoms with E-state index in [1.807, 2.05) is 46.1 Å². The molecule has 0 N–H and O–H groups in total. The average molecular weight is 313 g/mol. The lowest BCUT2D eigenvalue weighted by molar-refractivity contribution is -0.134. The average Bonchev–Trinajstić information content (AvgIpc) is 3.09. The highest BCUT2D eigenvalue weighted by molar-refractivity contribution is 5.80. The first-order valence-electron chi connectivity index (χ1n) is 8.16. The molecule has 122 valence electrons. The molecule has 0 saturated carbocycles. The van der Waals surface area contributed by atoms with E-state index in [4.69, 9.17) is 4.74 Å². The Balaban J connectivity index is 1.71. The van der Waals surface area contributed by atoms with Gasteiger partial charge in [-0.1, -0.05) is 18.2 Å². The van der Waals surface area contributed by atoms with Crippen molar-refractivity contribution in [2.24, 2.45) is 0 Å². The fourth-order valence-corrected chi connectivity index (χ4v) is 3.26. The Morgan fingerprint density at radius 1 is 1.30 bits per heavy atom. The molecule has 1 atom stereocenters. The highest BCUT2D eigenvalue weighted by Crippen LogP contribution is 2.23. The molecule has 1 aromatic carbocycles. The van der Waals surface area contributed by atoms with Crippen LogP contribution in [0.5, 0.6) is 5.75 Å². The summed E-state index contributed by atoms with van der Waals surface area (Å²) >= 11 is 0. The van der Waals surface area contributed by atoms with Gasteiger partial charge in [0.15, 0.2) is 0 Å². The molecule has 1 aliphatic heterocycles. The fourth-order valence-electron chi connectivity index (χ4n) is 3.26. The van der Waals surface area contributed by atoms with E-state index in [1.54, 1.807) is 13.3 Å². The van der Waals surface area contributed by atoms with Crippen LogP contribution in [0, 0.1) is 0 Å². The van der Waals surface area contributed by atoms with E-state index in [1.165, 1.54) is 6.42 Å². The lowest BCUT2D eigenvalue weighted by atomic mass is 10.0. The molecule has 1 amide bonds. The second kappa shape index (κ2) is 7.31. The van der Waals surface area contributed by atoms with Gasteiger partial charge < -0.3 is 9.64 Å². The fraction of sp³-hybridized carbons (Fsp3) is 0.444. The number of rotatable bonds is 5. The number of ether oxygens (including phenoxy) is 1. The van der Waals surface area contributed by atoms with E-state index in [9.17, 15) is 4.79 Å². The number of benzene rings is 1. The van der Waals surface area contributed by atoms with E-state index < -0.39 is 0 Å². The molecule has 5 heteroatoms. The predicted molar refractivity (Wildman–Crippen MR) is 88.3 cm³/mol. The monoisotopic (exact) mass is 313 g/mol. The normalized spacial score (nSPS) is 18.0. The molecule has 0 unspecified atom stereocenters. The Hall–Kier alpha value is -2.30. The van der Waals surface area contributed by atoms with Gasteiger partial charge in [0.25, 0.3) is 0 Å². The Morgan fingerprint density at radius 2 is 2.17 bits per heavy atom. The molecule has 0 aliphatic carbocycles. The number of carbonyl (C=O) groups is 1. The largest absolute Gasteiger partial charge is 0.496 e. The van der Waals surface area contributed by atoms with Crippen LogP contribution in [0.4, 0.5) is 0 Å². The van der Waals surface area contributed by atoms with Gasteiger partial charge in [-0.25, -0.2) is 0 Å². The van der Waals surface area contributed by atoms with Crippen molar-refractivity contribution in [3.63, 3.8) is 0 Å². The van der Waals surface area contributed by atoms with E-state index in [0.717, 1.165) is 37.2 Å². The first-order valence-corrected chi connectivity index (χ1v) is 8.16. The number of hydrogen-bond acceptors (Lipinski definition) is 3. The van der Waals surface area contributed by atoms with E-state index in [0.29, 0.717) is 6.42 Å². The van der Waals surface area contributed by atoms with Gasteiger partial charge in [-0.3, -0.25) is 9.48 Å². The second-order valence-corrected chi connectivity index (χ2v) is 5.95. The van der Waals surface area contributed by atoms with Gasteiger partial charge in [-0.05, 0) is 31.4 Å². The Morgan fingerprint density at radius 3 is 2.96 bits per heavy atom. The molecule has 1 aliphatic rings. The quantitative estimate of drug-likeness (QED) is 0.852. The zero-order chi connectivity index (χ0) is 16.1. The first-order chi connectivity index (χ1) is 11.3. The molecule has 0 spiro atoms. The SMILES string of the molecule is COc1ccccc1CC(=O)N1CCCC[C@H]1Cn1cccn1. The zero-order valence-corrected chi connectivity index (χ0v) is 13.5. The lowest BCUT2D eigenvalue weighted by Crippen LogP contribution is -2.46. The predicted octanol–water partition coefficient (Wildman–Crippen LogP) is 2.52. The van der Waals surface area contributed by atoms with Gasteiger partial charge in [0.05, 0.1) is 26.1 Å². The van der Waals surface area contributed by atoms with Gasteiger partial charge in [-0.15, -0.1) is 0 Å². The molecule has 2 heterocycles. The van der Waals surface area contributed by atoms with Gasteiger partial charge in [-0.2, -0.15) is 5.10 Å². The van der Waals surface area contributed by atoms with E-state index in [-0.39, 0.29) is 11.9 Å². The number of hydrogen-bond donors (Lipinski definition) is 0. The number of methoxy groups -OCH3 is 1. The smallest absolute Gasteiger partial charge is 0.227 e. The van der Waals surface area contributed by atoms with Crippen molar-refractivity contribution in [3.05, 3.63) is 48.3 Å². The topological polar surface area (TPSA) is 47.4 Å². The van der Waals surface area contributed by atoms with Crippen LogP contribution in [0.2, 0.25) is 0 Å². The summed E-state index contributed by atoms with van der Waals surface area (Å²) in [6.45, 7) is 1.60. The standard InChI is InChI=1S/C18H23N3O2/c1-23-17-9-3-2-7-15(17)13-18(22)21-12-5-4-8-16(21)14-20-11-6-10-19-20/h2-3,6-7,9-11,16H,4-5,8,12-14H2,1H3/t16-/m0/s1. The summed E-state index contributed by atoms with van der Waals surface area (Å²) in [7, 11) is 1.64.